The van der Waals surface area contributed by atoms with Gasteiger partial charge in [0.2, 0.25) is 0 Å². The van der Waals surface area contributed by atoms with Crippen LogP contribution >= 0.6 is 11.6 Å². The topological polar surface area (TPSA) is 54.5 Å². The minimum Gasteiger partial charge on any atom is -0.335 e. The first-order chi connectivity index (χ1) is 7.84. The van der Waals surface area contributed by atoms with E-state index in [1.54, 1.807) is 24.5 Å². The van der Waals surface area contributed by atoms with Crippen molar-refractivity contribution in [1.82, 2.24) is 19.9 Å². The van der Waals surface area contributed by atoms with E-state index in [0.29, 0.717) is 16.7 Å². The van der Waals surface area contributed by atoms with E-state index in [2.05, 4.69) is 19.9 Å². The first kappa shape index (κ1) is 9.30. The first-order valence-electron chi connectivity index (χ1n) is 4.76. The van der Waals surface area contributed by atoms with Gasteiger partial charge in [0.1, 0.15) is 5.52 Å². The van der Waals surface area contributed by atoms with Crippen molar-refractivity contribution in [2.24, 2.45) is 0 Å². The molecule has 0 aliphatic carbocycles. The number of hydrogen-bond donors (Lipinski definition) is 1. The number of aromatic nitrogens is 4. The second-order valence-electron chi connectivity index (χ2n) is 3.29. The molecule has 0 unspecified atom stereocenters. The van der Waals surface area contributed by atoms with Crippen LogP contribution in [0.1, 0.15) is 0 Å². The molecule has 0 aliphatic rings. The average Bonchev–Trinajstić information content (AvgIpc) is 2.76. The summed E-state index contributed by atoms with van der Waals surface area (Å²) >= 11 is 6.03. The summed E-state index contributed by atoms with van der Waals surface area (Å²) in [4.78, 5) is 15.8. The molecule has 0 fully saturated rings. The third-order valence-corrected chi connectivity index (χ3v) is 2.55. The van der Waals surface area contributed by atoms with Crippen LogP contribution in [0.15, 0.2) is 36.7 Å². The molecular weight excluding hydrogens is 224 g/mol. The lowest BCUT2D eigenvalue weighted by atomic mass is 10.3. The minimum atomic E-state index is 0.565. The second-order valence-corrected chi connectivity index (χ2v) is 3.70. The molecule has 0 aliphatic heterocycles. The molecule has 0 atom stereocenters. The third-order valence-electron chi connectivity index (χ3n) is 2.24. The van der Waals surface area contributed by atoms with Gasteiger partial charge in [-0.25, -0.2) is 15.0 Å². The van der Waals surface area contributed by atoms with Gasteiger partial charge in [-0.15, -0.1) is 0 Å². The van der Waals surface area contributed by atoms with Crippen LogP contribution < -0.4 is 0 Å². The number of H-pyrrole nitrogens is 1. The lowest BCUT2D eigenvalue weighted by molar-refractivity contribution is 1.13. The van der Waals surface area contributed by atoms with Crippen LogP contribution in [0.3, 0.4) is 0 Å². The summed E-state index contributed by atoms with van der Waals surface area (Å²) in [5, 5.41) is 0.621. The summed E-state index contributed by atoms with van der Waals surface area (Å²) in [5.74, 6) is 1.19. The van der Waals surface area contributed by atoms with E-state index >= 15 is 0 Å². The predicted molar refractivity (Wildman–Crippen MR) is 62.1 cm³/mol. The smallest absolute Gasteiger partial charge is 0.195 e. The van der Waals surface area contributed by atoms with Crippen LogP contribution in [0.4, 0.5) is 0 Å². The van der Waals surface area contributed by atoms with Crippen molar-refractivity contribution >= 4 is 22.6 Å². The number of nitrogens with one attached hydrogen (secondary N) is 1. The van der Waals surface area contributed by atoms with Gasteiger partial charge in [0, 0.05) is 12.4 Å². The molecule has 2 aromatic heterocycles. The fraction of sp³-hybridized carbons (Fsp3) is 0. The van der Waals surface area contributed by atoms with Crippen LogP contribution in [0.25, 0.3) is 22.7 Å². The number of benzene rings is 1. The quantitative estimate of drug-likeness (QED) is 0.699. The number of rotatable bonds is 1. The van der Waals surface area contributed by atoms with Gasteiger partial charge in [0.05, 0.1) is 10.5 Å². The Kier molecular flexibility index (Phi) is 2.08. The summed E-state index contributed by atoms with van der Waals surface area (Å²) in [6, 6.07) is 7.36. The fourth-order valence-corrected chi connectivity index (χ4v) is 1.74. The first-order valence-corrected chi connectivity index (χ1v) is 5.14. The third kappa shape index (κ3) is 1.44. The van der Waals surface area contributed by atoms with Crippen molar-refractivity contribution in [1.29, 1.82) is 0 Å². The van der Waals surface area contributed by atoms with Crippen molar-refractivity contribution in [2.45, 2.75) is 0 Å². The average molecular weight is 231 g/mol. The molecule has 3 rings (SSSR count). The number of halogens is 1. The van der Waals surface area contributed by atoms with Gasteiger partial charge in [-0.05, 0) is 18.2 Å². The summed E-state index contributed by atoms with van der Waals surface area (Å²) in [6.45, 7) is 0. The number of nitrogens with zero attached hydrogens (tertiary/aromatic N) is 3. The number of aromatic amines is 1. The molecule has 0 saturated heterocycles. The Balaban J connectivity index is 2.23. The van der Waals surface area contributed by atoms with Crippen molar-refractivity contribution in [2.75, 3.05) is 0 Å². The minimum absolute atomic E-state index is 0.565. The Hall–Kier alpha value is -1.94. The lowest BCUT2D eigenvalue weighted by Crippen LogP contribution is -1.87. The van der Waals surface area contributed by atoms with E-state index in [9.17, 15) is 0 Å². The Morgan fingerprint density at radius 3 is 2.62 bits per heavy atom. The van der Waals surface area contributed by atoms with E-state index < -0.39 is 0 Å². The molecule has 1 N–H and O–H groups in total. The van der Waals surface area contributed by atoms with Crippen LogP contribution in [0.2, 0.25) is 5.02 Å². The molecule has 0 bridgehead atoms. The van der Waals surface area contributed by atoms with Crippen LogP contribution in [0.5, 0.6) is 0 Å². The van der Waals surface area contributed by atoms with E-state index in [1.165, 1.54) is 0 Å². The molecule has 0 spiro atoms. The van der Waals surface area contributed by atoms with Crippen molar-refractivity contribution < 1.29 is 0 Å². The van der Waals surface area contributed by atoms with Crippen molar-refractivity contribution in [3.63, 3.8) is 0 Å². The van der Waals surface area contributed by atoms with Gasteiger partial charge in [-0.3, -0.25) is 0 Å². The molecule has 0 radical (unpaired) electrons. The Labute approximate surface area is 96.3 Å². The maximum Gasteiger partial charge on any atom is 0.195 e. The molecule has 3 aromatic rings. The van der Waals surface area contributed by atoms with E-state index in [4.69, 9.17) is 11.6 Å². The van der Waals surface area contributed by atoms with E-state index in [-0.39, 0.29) is 0 Å². The molecule has 4 nitrogen and oxygen atoms in total. The number of fused-ring (bicyclic) bond motifs is 1. The Morgan fingerprint density at radius 1 is 1.06 bits per heavy atom. The Morgan fingerprint density at radius 2 is 1.88 bits per heavy atom. The normalized spacial score (nSPS) is 10.8. The molecule has 0 saturated carbocycles. The molecule has 2 heterocycles. The van der Waals surface area contributed by atoms with E-state index in [1.807, 2.05) is 12.1 Å². The highest BCUT2D eigenvalue weighted by Gasteiger charge is 2.08. The van der Waals surface area contributed by atoms with Gasteiger partial charge in [-0.2, -0.15) is 0 Å². The largest absolute Gasteiger partial charge is 0.335 e. The SMILES string of the molecule is Clc1cccc2[nH]c(-c3ncccn3)nc12. The van der Waals surface area contributed by atoms with Crippen molar-refractivity contribution in [3.8, 4) is 11.6 Å². The highest BCUT2D eigenvalue weighted by atomic mass is 35.5. The van der Waals surface area contributed by atoms with Crippen molar-refractivity contribution in [3.05, 3.63) is 41.7 Å². The lowest BCUT2D eigenvalue weighted by Gasteiger charge is -1.91. The zero-order valence-electron chi connectivity index (χ0n) is 8.18. The van der Waals surface area contributed by atoms with Gasteiger partial charge in [-0.1, -0.05) is 17.7 Å². The molecule has 16 heavy (non-hydrogen) atoms. The highest BCUT2D eigenvalue weighted by Crippen LogP contribution is 2.23. The molecule has 78 valence electrons. The summed E-state index contributed by atoms with van der Waals surface area (Å²) in [7, 11) is 0. The Bertz CT molecular complexity index is 633. The molecule has 1 aromatic carbocycles. The fourth-order valence-electron chi connectivity index (χ4n) is 1.52. The number of para-hydroxylation sites is 1. The second kappa shape index (κ2) is 3.57. The van der Waals surface area contributed by atoms with Gasteiger partial charge < -0.3 is 4.98 Å². The molecular formula is C11H7ClN4. The van der Waals surface area contributed by atoms with Gasteiger partial charge in [0.15, 0.2) is 11.6 Å². The van der Waals surface area contributed by atoms with Gasteiger partial charge in [0.25, 0.3) is 0 Å². The molecule has 5 heteroatoms. The summed E-state index contributed by atoms with van der Waals surface area (Å²) < 4.78 is 0. The predicted octanol–water partition coefficient (Wildman–Crippen LogP) is 2.67. The number of hydrogen-bond acceptors (Lipinski definition) is 3. The van der Waals surface area contributed by atoms with Crippen LogP contribution in [-0.2, 0) is 0 Å². The summed E-state index contributed by atoms with van der Waals surface area (Å²) in [5.41, 5.74) is 1.63. The van der Waals surface area contributed by atoms with E-state index in [0.717, 1.165) is 11.0 Å². The standard InChI is InChI=1S/C11H7ClN4/c12-7-3-1-4-8-9(7)16-11(15-8)10-13-5-2-6-14-10/h1-6H,(H,15,16). The van der Waals surface area contributed by atoms with Crippen LogP contribution in [-0.4, -0.2) is 19.9 Å². The van der Waals surface area contributed by atoms with Crippen LogP contribution in [0, 0.1) is 0 Å². The van der Waals surface area contributed by atoms with Gasteiger partial charge >= 0.3 is 0 Å². The highest BCUT2D eigenvalue weighted by molar-refractivity contribution is 6.34. The molecule has 0 amide bonds. The number of imidazole rings is 1. The monoisotopic (exact) mass is 230 g/mol. The maximum atomic E-state index is 6.03. The zero-order valence-corrected chi connectivity index (χ0v) is 8.94. The summed E-state index contributed by atoms with van der Waals surface area (Å²) in [6.07, 6.45) is 3.36. The zero-order chi connectivity index (χ0) is 11.0. The maximum absolute atomic E-state index is 6.03.